The molecule has 0 fully saturated rings. The lowest BCUT2D eigenvalue weighted by atomic mass is 9.80. The van der Waals surface area contributed by atoms with E-state index < -0.39 is 0 Å². The fourth-order valence-electron chi connectivity index (χ4n) is 8.46. The first-order valence-corrected chi connectivity index (χ1v) is 17.3. The molecular formula is C49H34. The molecule has 1 aliphatic carbocycles. The van der Waals surface area contributed by atoms with Crippen LogP contribution in [0.5, 0.6) is 0 Å². The van der Waals surface area contributed by atoms with Gasteiger partial charge in [0, 0.05) is 5.41 Å². The molecule has 0 aliphatic heterocycles. The van der Waals surface area contributed by atoms with Crippen LogP contribution in [0.25, 0.3) is 88.0 Å². The largest absolute Gasteiger partial charge is 0.0622 e. The molecule has 1 aliphatic rings. The molecule has 230 valence electrons. The molecule has 0 heterocycles. The molecule has 0 atom stereocenters. The summed E-state index contributed by atoms with van der Waals surface area (Å²) in [5, 5.41) is 7.97. The van der Waals surface area contributed by atoms with Crippen molar-refractivity contribution >= 4 is 32.3 Å². The lowest BCUT2D eigenvalue weighted by molar-refractivity contribution is 0.661. The maximum Gasteiger partial charge on any atom is 0.0159 e. The minimum atomic E-state index is -0.139. The van der Waals surface area contributed by atoms with Crippen LogP contribution >= 0.6 is 0 Å². The van der Waals surface area contributed by atoms with Gasteiger partial charge >= 0.3 is 0 Å². The summed E-state index contributed by atoms with van der Waals surface area (Å²) in [6.45, 7) is 4.79. The first kappa shape index (κ1) is 28.1. The summed E-state index contributed by atoms with van der Waals surface area (Å²) in [4.78, 5) is 0. The predicted molar refractivity (Wildman–Crippen MR) is 209 cm³/mol. The zero-order valence-corrected chi connectivity index (χ0v) is 27.7. The van der Waals surface area contributed by atoms with E-state index in [1.165, 1.54) is 99.1 Å². The number of hydrogen-bond acceptors (Lipinski definition) is 0. The van der Waals surface area contributed by atoms with Crippen molar-refractivity contribution in [3.05, 3.63) is 181 Å². The fraction of sp³-hybridized carbons (Fsp3) is 0.0612. The second-order valence-corrected chi connectivity index (χ2v) is 14.1. The topological polar surface area (TPSA) is 0 Å². The van der Waals surface area contributed by atoms with Gasteiger partial charge in [0.2, 0.25) is 0 Å². The van der Waals surface area contributed by atoms with E-state index in [9.17, 15) is 0 Å². The van der Waals surface area contributed by atoms with Crippen molar-refractivity contribution in [1.82, 2.24) is 0 Å². The van der Waals surface area contributed by atoms with Crippen molar-refractivity contribution in [3.8, 4) is 55.6 Å². The zero-order valence-electron chi connectivity index (χ0n) is 27.7. The third kappa shape index (κ3) is 4.31. The van der Waals surface area contributed by atoms with Crippen LogP contribution in [0.3, 0.4) is 0 Å². The van der Waals surface area contributed by atoms with Crippen molar-refractivity contribution < 1.29 is 0 Å². The number of hydrogen-bond donors (Lipinski definition) is 0. The summed E-state index contributed by atoms with van der Waals surface area (Å²) in [6.07, 6.45) is 0. The third-order valence-corrected chi connectivity index (χ3v) is 11.0. The molecule has 0 heteroatoms. The monoisotopic (exact) mass is 622 g/mol. The number of fused-ring (bicyclic) bond motifs is 3. The van der Waals surface area contributed by atoms with Gasteiger partial charge in [0.25, 0.3) is 0 Å². The molecule has 0 saturated carbocycles. The molecule has 9 aromatic rings. The second-order valence-electron chi connectivity index (χ2n) is 14.1. The SMILES string of the molecule is CC1(C)c2cc(-c3cc(-c4ccccc4)cc(-c4ccccc4)c3)ccc2-c2ccc(-c3ccc4ccc5cccc6ccc3c4c56)cc21. The number of benzene rings is 9. The van der Waals surface area contributed by atoms with Crippen LogP contribution in [0.15, 0.2) is 170 Å². The van der Waals surface area contributed by atoms with Gasteiger partial charge in [0.1, 0.15) is 0 Å². The highest BCUT2D eigenvalue weighted by atomic mass is 14.4. The second kappa shape index (κ2) is 10.5. The van der Waals surface area contributed by atoms with Gasteiger partial charge in [-0.25, -0.2) is 0 Å². The first-order valence-electron chi connectivity index (χ1n) is 17.3. The van der Waals surface area contributed by atoms with E-state index in [0.717, 1.165) is 0 Å². The lowest BCUT2D eigenvalue weighted by Gasteiger charge is -2.23. The Morgan fingerprint density at radius 2 is 0.776 bits per heavy atom. The fourth-order valence-corrected chi connectivity index (χ4v) is 8.46. The van der Waals surface area contributed by atoms with Crippen LogP contribution in [0.2, 0.25) is 0 Å². The summed E-state index contributed by atoms with van der Waals surface area (Å²) in [5.41, 5.74) is 15.3. The van der Waals surface area contributed by atoms with E-state index >= 15 is 0 Å². The molecule has 0 unspecified atom stereocenters. The van der Waals surface area contributed by atoms with Crippen molar-refractivity contribution in [2.24, 2.45) is 0 Å². The summed E-state index contributed by atoms with van der Waals surface area (Å²) in [5.74, 6) is 0. The standard InChI is InChI=1S/C49H34/c1-49(2)45-29-36(40-27-38(31-10-5-3-6-11-31)26-39(28-40)32-12-7-4-8-13-32)20-23-42(45)43-24-21-37(30-46(43)49)41-22-18-35-17-16-33-14-9-15-34-19-25-44(41)48(35)47(33)34/h3-30H,1-2H3. The summed E-state index contributed by atoms with van der Waals surface area (Å²) < 4.78 is 0. The molecule has 0 radical (unpaired) electrons. The van der Waals surface area contributed by atoms with Crippen molar-refractivity contribution in [2.45, 2.75) is 19.3 Å². The average Bonchev–Trinajstić information content (AvgIpc) is 3.39. The Morgan fingerprint density at radius 3 is 1.39 bits per heavy atom. The van der Waals surface area contributed by atoms with Crippen LogP contribution < -0.4 is 0 Å². The highest BCUT2D eigenvalue weighted by molar-refractivity contribution is 6.25. The van der Waals surface area contributed by atoms with Gasteiger partial charge in [-0.3, -0.25) is 0 Å². The Labute approximate surface area is 287 Å². The normalized spacial score (nSPS) is 13.3. The highest BCUT2D eigenvalue weighted by Gasteiger charge is 2.36. The summed E-state index contributed by atoms with van der Waals surface area (Å²) in [7, 11) is 0. The van der Waals surface area contributed by atoms with E-state index in [2.05, 4.69) is 184 Å². The van der Waals surface area contributed by atoms with Gasteiger partial charge in [-0.15, -0.1) is 0 Å². The first-order chi connectivity index (χ1) is 24.0. The maximum absolute atomic E-state index is 2.46. The number of rotatable bonds is 4. The van der Waals surface area contributed by atoms with Crippen LogP contribution in [-0.2, 0) is 5.41 Å². The zero-order chi connectivity index (χ0) is 32.7. The van der Waals surface area contributed by atoms with E-state index in [1.54, 1.807) is 0 Å². The van der Waals surface area contributed by atoms with Crippen molar-refractivity contribution in [1.29, 1.82) is 0 Å². The molecule has 0 bridgehead atoms. The molecular weight excluding hydrogens is 589 g/mol. The molecule has 0 spiro atoms. The Bertz CT molecular complexity index is 2640. The molecule has 0 nitrogen and oxygen atoms in total. The Hall–Kier alpha value is -5.98. The molecule has 49 heavy (non-hydrogen) atoms. The molecule has 10 rings (SSSR count). The molecule has 0 aromatic heterocycles. The molecule has 0 saturated heterocycles. The van der Waals surface area contributed by atoms with E-state index in [4.69, 9.17) is 0 Å². The van der Waals surface area contributed by atoms with Gasteiger partial charge < -0.3 is 0 Å². The Balaban J connectivity index is 1.10. The molecule has 0 amide bonds. The molecule has 9 aromatic carbocycles. The van der Waals surface area contributed by atoms with Gasteiger partial charge in [0.05, 0.1) is 0 Å². The lowest BCUT2D eigenvalue weighted by Crippen LogP contribution is -2.15. The summed E-state index contributed by atoms with van der Waals surface area (Å²) >= 11 is 0. The van der Waals surface area contributed by atoms with Gasteiger partial charge in [-0.2, -0.15) is 0 Å². The quantitative estimate of drug-likeness (QED) is 0.171. The van der Waals surface area contributed by atoms with E-state index in [0.29, 0.717) is 0 Å². The Kier molecular flexibility index (Phi) is 6.02. The van der Waals surface area contributed by atoms with Crippen LogP contribution in [0.1, 0.15) is 25.0 Å². The predicted octanol–water partition coefficient (Wildman–Crippen LogP) is 13.6. The minimum absolute atomic E-state index is 0.139. The average molecular weight is 623 g/mol. The molecule has 0 N–H and O–H groups in total. The van der Waals surface area contributed by atoms with E-state index in [1.807, 2.05) is 0 Å². The highest BCUT2D eigenvalue weighted by Crippen LogP contribution is 2.51. The van der Waals surface area contributed by atoms with Gasteiger partial charge in [0.15, 0.2) is 0 Å². The van der Waals surface area contributed by atoms with Crippen molar-refractivity contribution in [3.63, 3.8) is 0 Å². The minimum Gasteiger partial charge on any atom is -0.0622 e. The van der Waals surface area contributed by atoms with Crippen LogP contribution in [-0.4, -0.2) is 0 Å². The third-order valence-electron chi connectivity index (χ3n) is 11.0. The van der Waals surface area contributed by atoms with Crippen LogP contribution in [0.4, 0.5) is 0 Å². The summed E-state index contributed by atoms with van der Waals surface area (Å²) in [6, 6.07) is 63.2. The Morgan fingerprint density at radius 1 is 0.306 bits per heavy atom. The van der Waals surface area contributed by atoms with Crippen molar-refractivity contribution in [2.75, 3.05) is 0 Å². The van der Waals surface area contributed by atoms with E-state index in [-0.39, 0.29) is 5.41 Å². The van der Waals surface area contributed by atoms with Gasteiger partial charge in [-0.05, 0) is 129 Å². The van der Waals surface area contributed by atoms with Crippen LogP contribution in [0, 0.1) is 0 Å². The smallest absolute Gasteiger partial charge is 0.0159 e. The maximum atomic E-state index is 2.46. The van der Waals surface area contributed by atoms with Gasteiger partial charge in [-0.1, -0.05) is 153 Å².